The summed E-state index contributed by atoms with van der Waals surface area (Å²) < 4.78 is 5.20. The largest absolute Gasteiger partial charge is 0.444 e. The van der Waals surface area contributed by atoms with Gasteiger partial charge in [0.15, 0.2) is 0 Å². The molecule has 0 saturated carbocycles. The van der Waals surface area contributed by atoms with E-state index in [1.807, 2.05) is 6.92 Å². The van der Waals surface area contributed by atoms with E-state index in [1.54, 1.807) is 43.9 Å². The maximum Gasteiger partial charge on any atom is 0.408 e. The van der Waals surface area contributed by atoms with Gasteiger partial charge in [0.2, 0.25) is 5.91 Å². The molecule has 1 atom stereocenters. The highest BCUT2D eigenvalue weighted by Gasteiger charge is 2.27. The smallest absolute Gasteiger partial charge is 0.408 e. The summed E-state index contributed by atoms with van der Waals surface area (Å²) in [6, 6.07) is -0.595. The zero-order chi connectivity index (χ0) is 18.6. The summed E-state index contributed by atoms with van der Waals surface area (Å²) in [5, 5.41) is 5.77. The fraction of sp³-hybridized carbons (Fsp3) is 0.706. The quantitative estimate of drug-likeness (QED) is 0.880. The van der Waals surface area contributed by atoms with Crippen LogP contribution in [-0.2, 0) is 16.1 Å². The second-order valence-corrected chi connectivity index (χ2v) is 8.39. The van der Waals surface area contributed by atoms with Crippen molar-refractivity contribution in [1.82, 2.24) is 20.1 Å². The number of aromatic nitrogens is 1. The number of hydrogen-bond donors (Lipinski definition) is 1. The van der Waals surface area contributed by atoms with Crippen molar-refractivity contribution in [2.24, 2.45) is 0 Å². The van der Waals surface area contributed by atoms with E-state index in [0.717, 1.165) is 30.3 Å². The van der Waals surface area contributed by atoms with Gasteiger partial charge < -0.3 is 15.0 Å². The van der Waals surface area contributed by atoms with Gasteiger partial charge >= 0.3 is 6.09 Å². The molecule has 140 valence electrons. The predicted octanol–water partition coefficient (Wildman–Crippen LogP) is 2.01. The Morgan fingerprint density at radius 3 is 2.48 bits per heavy atom. The maximum absolute atomic E-state index is 12.5. The van der Waals surface area contributed by atoms with Crippen LogP contribution in [0, 0.1) is 6.92 Å². The Kier molecular flexibility index (Phi) is 6.40. The zero-order valence-corrected chi connectivity index (χ0v) is 16.5. The minimum atomic E-state index is -0.595. The highest BCUT2D eigenvalue weighted by atomic mass is 32.1. The third kappa shape index (κ3) is 6.28. The molecule has 1 N–H and O–H groups in total. The van der Waals surface area contributed by atoms with Gasteiger partial charge in [0, 0.05) is 38.1 Å². The molecule has 1 fully saturated rings. The van der Waals surface area contributed by atoms with Crippen molar-refractivity contribution >= 4 is 23.3 Å². The number of ether oxygens (including phenoxy) is 1. The average molecular weight is 369 g/mol. The van der Waals surface area contributed by atoms with E-state index in [-0.39, 0.29) is 5.91 Å². The molecule has 2 rings (SSSR count). The molecular formula is C17H28N4O3S. The molecule has 1 aromatic rings. The Bertz CT molecular complexity index is 603. The molecule has 8 heteroatoms. The number of carbonyl (C=O) groups excluding carboxylic acids is 2. The van der Waals surface area contributed by atoms with Crippen LogP contribution < -0.4 is 5.32 Å². The molecule has 1 unspecified atom stereocenters. The van der Waals surface area contributed by atoms with E-state index in [0.29, 0.717) is 13.1 Å². The molecule has 0 aromatic carbocycles. The molecule has 1 aliphatic rings. The first-order valence-electron chi connectivity index (χ1n) is 8.56. The monoisotopic (exact) mass is 368 g/mol. The van der Waals surface area contributed by atoms with E-state index in [4.69, 9.17) is 4.74 Å². The number of thiazole rings is 1. The summed E-state index contributed by atoms with van der Waals surface area (Å²) in [5.41, 5.74) is 0.509. The number of alkyl carbamates (subject to hydrolysis) is 1. The summed E-state index contributed by atoms with van der Waals surface area (Å²) in [5.74, 6) is -0.0741. The Labute approximate surface area is 153 Å². The van der Waals surface area contributed by atoms with Crippen molar-refractivity contribution in [3.63, 3.8) is 0 Å². The fourth-order valence-electron chi connectivity index (χ4n) is 2.66. The van der Waals surface area contributed by atoms with Crippen molar-refractivity contribution in [1.29, 1.82) is 0 Å². The summed E-state index contributed by atoms with van der Waals surface area (Å²) >= 11 is 1.66. The number of hydrogen-bond acceptors (Lipinski definition) is 6. The number of piperazine rings is 1. The highest BCUT2D eigenvalue weighted by molar-refractivity contribution is 7.09. The van der Waals surface area contributed by atoms with Crippen molar-refractivity contribution in [3.05, 3.63) is 16.1 Å². The van der Waals surface area contributed by atoms with E-state index in [1.165, 1.54) is 0 Å². The first kappa shape index (κ1) is 19.7. The van der Waals surface area contributed by atoms with E-state index in [9.17, 15) is 9.59 Å². The average Bonchev–Trinajstić information content (AvgIpc) is 2.90. The van der Waals surface area contributed by atoms with E-state index >= 15 is 0 Å². The highest BCUT2D eigenvalue weighted by Crippen LogP contribution is 2.13. The van der Waals surface area contributed by atoms with Crippen molar-refractivity contribution in [2.75, 3.05) is 26.2 Å². The van der Waals surface area contributed by atoms with Gasteiger partial charge in [0.1, 0.15) is 11.6 Å². The Balaban J connectivity index is 1.77. The van der Waals surface area contributed by atoms with Crippen LogP contribution in [0.4, 0.5) is 4.79 Å². The van der Waals surface area contributed by atoms with Gasteiger partial charge in [-0.05, 0) is 34.6 Å². The minimum absolute atomic E-state index is 0.0741. The van der Waals surface area contributed by atoms with Gasteiger partial charge in [-0.25, -0.2) is 9.78 Å². The minimum Gasteiger partial charge on any atom is -0.444 e. The van der Waals surface area contributed by atoms with Crippen LogP contribution in [0.5, 0.6) is 0 Å². The van der Waals surface area contributed by atoms with Crippen LogP contribution >= 0.6 is 11.3 Å². The standard InChI is InChI=1S/C17H28N4O3S/c1-12(18-16(23)24-17(3,4)5)15(22)21-8-6-20(7-9-21)10-14-11-25-13(2)19-14/h11-12H,6-10H2,1-5H3,(H,18,23). The molecular weight excluding hydrogens is 340 g/mol. The molecule has 2 heterocycles. The van der Waals surface area contributed by atoms with Gasteiger partial charge in [-0.2, -0.15) is 0 Å². The lowest BCUT2D eigenvalue weighted by atomic mass is 10.2. The van der Waals surface area contributed by atoms with Crippen molar-refractivity contribution in [2.45, 2.75) is 52.8 Å². The molecule has 2 amide bonds. The normalized spacial score (nSPS) is 17.2. The Morgan fingerprint density at radius 1 is 1.32 bits per heavy atom. The number of rotatable bonds is 4. The van der Waals surface area contributed by atoms with Crippen LogP contribution in [0.3, 0.4) is 0 Å². The molecule has 0 radical (unpaired) electrons. The number of amides is 2. The maximum atomic E-state index is 12.5. The molecule has 0 bridgehead atoms. The van der Waals surface area contributed by atoms with Gasteiger partial charge in [0.05, 0.1) is 10.7 Å². The van der Waals surface area contributed by atoms with Gasteiger partial charge in [-0.1, -0.05) is 0 Å². The fourth-order valence-corrected chi connectivity index (χ4v) is 3.26. The number of carbonyl (C=O) groups is 2. The summed E-state index contributed by atoms with van der Waals surface area (Å²) in [6.07, 6.45) is -0.564. The molecule has 1 aliphatic heterocycles. The van der Waals surface area contributed by atoms with Gasteiger partial charge in [0.25, 0.3) is 0 Å². The van der Waals surface area contributed by atoms with Crippen molar-refractivity contribution in [3.8, 4) is 0 Å². The van der Waals surface area contributed by atoms with E-state index < -0.39 is 17.7 Å². The Morgan fingerprint density at radius 2 is 1.96 bits per heavy atom. The third-order valence-corrected chi connectivity index (χ3v) is 4.66. The molecule has 0 spiro atoms. The first-order valence-corrected chi connectivity index (χ1v) is 9.43. The predicted molar refractivity (Wildman–Crippen MR) is 97.5 cm³/mol. The summed E-state index contributed by atoms with van der Waals surface area (Å²) in [7, 11) is 0. The number of nitrogens with one attached hydrogen (secondary N) is 1. The summed E-state index contributed by atoms with van der Waals surface area (Å²) in [4.78, 5) is 32.9. The molecule has 0 aliphatic carbocycles. The lowest BCUT2D eigenvalue weighted by Crippen LogP contribution is -2.54. The zero-order valence-electron chi connectivity index (χ0n) is 15.7. The van der Waals surface area contributed by atoms with Gasteiger partial charge in [-0.15, -0.1) is 11.3 Å². The topological polar surface area (TPSA) is 74.8 Å². The third-order valence-electron chi connectivity index (χ3n) is 3.84. The second kappa shape index (κ2) is 8.14. The lowest BCUT2D eigenvalue weighted by molar-refractivity contribution is -0.134. The number of nitrogens with zero attached hydrogens (tertiary/aromatic N) is 3. The van der Waals surface area contributed by atoms with Crippen LogP contribution in [0.1, 0.15) is 38.4 Å². The number of aryl methyl sites for hydroxylation is 1. The first-order chi connectivity index (χ1) is 11.6. The Hall–Kier alpha value is -1.67. The van der Waals surface area contributed by atoms with Crippen LogP contribution in [0.15, 0.2) is 5.38 Å². The molecule has 1 saturated heterocycles. The molecule has 25 heavy (non-hydrogen) atoms. The van der Waals surface area contributed by atoms with Crippen molar-refractivity contribution < 1.29 is 14.3 Å². The molecule has 7 nitrogen and oxygen atoms in total. The summed E-state index contributed by atoms with van der Waals surface area (Å²) in [6.45, 7) is 12.8. The van der Waals surface area contributed by atoms with Crippen LogP contribution in [-0.4, -0.2) is 64.6 Å². The SMILES string of the molecule is Cc1nc(CN2CCN(C(=O)C(C)NC(=O)OC(C)(C)C)CC2)cs1. The second-order valence-electron chi connectivity index (χ2n) is 7.33. The van der Waals surface area contributed by atoms with E-state index in [2.05, 4.69) is 20.6 Å². The molecule has 1 aromatic heterocycles. The van der Waals surface area contributed by atoms with Gasteiger partial charge in [-0.3, -0.25) is 9.69 Å². The lowest BCUT2D eigenvalue weighted by Gasteiger charge is -2.35. The van der Waals surface area contributed by atoms with Crippen LogP contribution in [0.25, 0.3) is 0 Å². The van der Waals surface area contributed by atoms with Crippen LogP contribution in [0.2, 0.25) is 0 Å².